The molecular formula is C15H25N3O2. The van der Waals surface area contributed by atoms with Crippen molar-refractivity contribution in [2.75, 3.05) is 13.2 Å². The predicted molar refractivity (Wildman–Crippen MR) is 78.4 cm³/mol. The number of amides is 1. The maximum absolute atomic E-state index is 12.0. The number of hydrogen-bond donors (Lipinski definition) is 2. The first-order valence-electron chi connectivity index (χ1n) is 7.38. The van der Waals surface area contributed by atoms with Crippen molar-refractivity contribution in [3.8, 4) is 0 Å². The average molecular weight is 279 g/mol. The average Bonchev–Trinajstić information content (AvgIpc) is 2.85. The third-order valence-electron chi connectivity index (χ3n) is 3.44. The van der Waals surface area contributed by atoms with Gasteiger partial charge in [0.05, 0.1) is 0 Å². The van der Waals surface area contributed by atoms with Crippen molar-refractivity contribution < 1.29 is 9.53 Å². The Morgan fingerprint density at radius 3 is 2.90 bits per heavy atom. The summed E-state index contributed by atoms with van der Waals surface area (Å²) in [5.74, 6) is 0.0795. The monoisotopic (exact) mass is 279 g/mol. The summed E-state index contributed by atoms with van der Waals surface area (Å²) in [6.07, 6.45) is 5.82. The van der Waals surface area contributed by atoms with Crippen LogP contribution in [0.25, 0.3) is 0 Å². The lowest BCUT2D eigenvalue weighted by atomic mass is 10.1. The first-order valence-corrected chi connectivity index (χ1v) is 7.38. The summed E-state index contributed by atoms with van der Waals surface area (Å²) in [7, 11) is 0. The molecule has 2 N–H and O–H groups in total. The Balaban J connectivity index is 1.76. The van der Waals surface area contributed by atoms with E-state index in [4.69, 9.17) is 4.74 Å². The van der Waals surface area contributed by atoms with Crippen molar-refractivity contribution in [3.05, 3.63) is 24.0 Å². The summed E-state index contributed by atoms with van der Waals surface area (Å²) in [6, 6.07) is 2.79. The number of ether oxygens (including phenoxy) is 1. The molecule has 0 bridgehead atoms. The maximum Gasteiger partial charge on any atom is 0.240 e. The molecule has 20 heavy (non-hydrogen) atoms. The Kier molecular flexibility index (Phi) is 5.61. The normalized spacial score (nSPS) is 16.6. The van der Waals surface area contributed by atoms with Crippen LogP contribution in [0, 0.1) is 0 Å². The quantitative estimate of drug-likeness (QED) is 0.825. The molecule has 0 radical (unpaired) electrons. The minimum atomic E-state index is 0.0795. The molecule has 5 nitrogen and oxygen atoms in total. The molecule has 0 atom stereocenters. The molecule has 0 unspecified atom stereocenters. The number of carbonyl (C=O) groups excluding carboxylic acids is 1. The number of rotatable bonds is 6. The first-order chi connectivity index (χ1) is 9.63. The van der Waals surface area contributed by atoms with E-state index in [1.165, 1.54) is 5.56 Å². The van der Waals surface area contributed by atoms with Gasteiger partial charge in [-0.25, -0.2) is 0 Å². The van der Waals surface area contributed by atoms with Gasteiger partial charge in [-0.1, -0.05) is 13.8 Å². The molecule has 112 valence electrons. The molecule has 1 aliphatic rings. The molecule has 1 saturated heterocycles. The summed E-state index contributed by atoms with van der Waals surface area (Å²) in [5.41, 5.74) is 1.21. The molecule has 0 spiro atoms. The van der Waals surface area contributed by atoms with Gasteiger partial charge in [0.1, 0.15) is 6.54 Å². The lowest BCUT2D eigenvalue weighted by Gasteiger charge is -2.23. The molecule has 1 amide bonds. The minimum Gasteiger partial charge on any atom is -0.381 e. The van der Waals surface area contributed by atoms with Crippen molar-refractivity contribution in [2.24, 2.45) is 0 Å². The fourth-order valence-corrected chi connectivity index (χ4v) is 2.30. The molecule has 0 aromatic carbocycles. The van der Waals surface area contributed by atoms with Crippen LogP contribution >= 0.6 is 0 Å². The van der Waals surface area contributed by atoms with Crippen LogP contribution < -0.4 is 10.6 Å². The highest BCUT2D eigenvalue weighted by atomic mass is 16.5. The van der Waals surface area contributed by atoms with Crippen molar-refractivity contribution in [1.82, 2.24) is 15.2 Å². The number of nitrogens with one attached hydrogen (secondary N) is 2. The predicted octanol–water partition coefficient (Wildman–Crippen LogP) is 1.28. The van der Waals surface area contributed by atoms with Crippen LogP contribution in [0.5, 0.6) is 0 Å². The zero-order chi connectivity index (χ0) is 14.4. The van der Waals surface area contributed by atoms with Crippen molar-refractivity contribution in [3.63, 3.8) is 0 Å². The molecular weight excluding hydrogens is 254 g/mol. The molecule has 1 aromatic heterocycles. The lowest BCUT2D eigenvalue weighted by molar-refractivity contribution is -0.122. The molecule has 1 aromatic rings. The molecule has 5 heteroatoms. The van der Waals surface area contributed by atoms with Crippen LogP contribution in [0.15, 0.2) is 18.5 Å². The summed E-state index contributed by atoms with van der Waals surface area (Å²) >= 11 is 0. The van der Waals surface area contributed by atoms with Crippen molar-refractivity contribution in [2.45, 2.75) is 51.9 Å². The van der Waals surface area contributed by atoms with E-state index < -0.39 is 0 Å². The smallest absolute Gasteiger partial charge is 0.240 e. The summed E-state index contributed by atoms with van der Waals surface area (Å²) < 4.78 is 7.22. The number of nitrogens with zero attached hydrogens (tertiary/aromatic N) is 1. The number of hydrogen-bond acceptors (Lipinski definition) is 3. The second-order valence-electron chi connectivity index (χ2n) is 5.68. The SMILES string of the molecule is CC(C)NCc1ccn(CC(=O)NC2CCOCC2)c1. The van der Waals surface area contributed by atoms with E-state index in [2.05, 4.69) is 30.5 Å². The highest BCUT2D eigenvalue weighted by molar-refractivity contribution is 5.76. The van der Waals surface area contributed by atoms with Crippen LogP contribution in [0.1, 0.15) is 32.3 Å². The summed E-state index contributed by atoms with van der Waals surface area (Å²) in [4.78, 5) is 12.0. The van der Waals surface area contributed by atoms with Gasteiger partial charge in [-0.3, -0.25) is 4.79 Å². The standard InChI is InChI=1S/C15H25N3O2/c1-12(2)16-9-13-3-6-18(10-13)11-15(19)17-14-4-7-20-8-5-14/h3,6,10,12,14,16H,4-5,7-9,11H2,1-2H3,(H,17,19). The summed E-state index contributed by atoms with van der Waals surface area (Å²) in [6.45, 7) is 6.97. The van der Waals surface area contributed by atoms with Gasteiger partial charge < -0.3 is 19.9 Å². The largest absolute Gasteiger partial charge is 0.381 e. The van der Waals surface area contributed by atoms with E-state index in [1.54, 1.807) is 0 Å². The van der Waals surface area contributed by atoms with Crippen LogP contribution in [0.4, 0.5) is 0 Å². The zero-order valence-electron chi connectivity index (χ0n) is 12.4. The number of aromatic nitrogens is 1. The Morgan fingerprint density at radius 1 is 1.45 bits per heavy atom. The summed E-state index contributed by atoms with van der Waals surface area (Å²) in [5, 5.41) is 6.44. The Morgan fingerprint density at radius 2 is 2.20 bits per heavy atom. The van der Waals surface area contributed by atoms with Crippen molar-refractivity contribution >= 4 is 5.91 Å². The van der Waals surface area contributed by atoms with Crippen LogP contribution in [-0.2, 0) is 22.6 Å². The topological polar surface area (TPSA) is 55.3 Å². The minimum absolute atomic E-state index is 0.0795. The highest BCUT2D eigenvalue weighted by Gasteiger charge is 2.16. The zero-order valence-corrected chi connectivity index (χ0v) is 12.4. The van der Waals surface area contributed by atoms with E-state index in [-0.39, 0.29) is 11.9 Å². The maximum atomic E-state index is 12.0. The fraction of sp³-hybridized carbons (Fsp3) is 0.667. The highest BCUT2D eigenvalue weighted by Crippen LogP contribution is 2.06. The molecule has 0 saturated carbocycles. The van der Waals surface area contributed by atoms with E-state index in [9.17, 15) is 4.79 Å². The van der Waals surface area contributed by atoms with E-state index in [0.29, 0.717) is 12.6 Å². The van der Waals surface area contributed by atoms with Gasteiger partial charge in [0, 0.05) is 44.2 Å². The van der Waals surface area contributed by atoms with Gasteiger partial charge in [0.25, 0.3) is 0 Å². The molecule has 2 heterocycles. The number of carbonyl (C=O) groups is 1. The molecule has 1 fully saturated rings. The van der Waals surface area contributed by atoms with Gasteiger partial charge in [-0.2, -0.15) is 0 Å². The van der Waals surface area contributed by atoms with Crippen LogP contribution in [-0.4, -0.2) is 35.8 Å². The third-order valence-corrected chi connectivity index (χ3v) is 3.44. The molecule has 2 rings (SSSR count). The van der Waals surface area contributed by atoms with E-state index in [0.717, 1.165) is 32.6 Å². The third kappa shape index (κ3) is 4.98. The van der Waals surface area contributed by atoms with Gasteiger partial charge in [0.15, 0.2) is 0 Å². The van der Waals surface area contributed by atoms with Gasteiger partial charge in [0.2, 0.25) is 5.91 Å². The van der Waals surface area contributed by atoms with Crippen LogP contribution in [0.3, 0.4) is 0 Å². The second kappa shape index (κ2) is 7.45. The lowest BCUT2D eigenvalue weighted by Crippen LogP contribution is -2.40. The van der Waals surface area contributed by atoms with Crippen molar-refractivity contribution in [1.29, 1.82) is 0 Å². The van der Waals surface area contributed by atoms with Gasteiger partial charge in [-0.05, 0) is 24.5 Å². The van der Waals surface area contributed by atoms with E-state index >= 15 is 0 Å². The first kappa shape index (κ1) is 15.1. The fourth-order valence-electron chi connectivity index (χ4n) is 2.30. The van der Waals surface area contributed by atoms with E-state index in [1.807, 2.05) is 17.0 Å². The second-order valence-corrected chi connectivity index (χ2v) is 5.68. The Hall–Kier alpha value is -1.33. The van der Waals surface area contributed by atoms with Gasteiger partial charge >= 0.3 is 0 Å². The Bertz CT molecular complexity index is 423. The van der Waals surface area contributed by atoms with Crippen LogP contribution in [0.2, 0.25) is 0 Å². The van der Waals surface area contributed by atoms with Gasteiger partial charge in [-0.15, -0.1) is 0 Å². The molecule has 0 aliphatic carbocycles. The Labute approximate surface area is 120 Å². The molecule has 1 aliphatic heterocycles.